The first-order chi connectivity index (χ1) is 27.5. The molecule has 4 heteroatoms. The first-order valence-corrected chi connectivity index (χ1v) is 23.8. The van der Waals surface area contributed by atoms with Crippen molar-refractivity contribution in [1.82, 2.24) is 0 Å². The van der Waals surface area contributed by atoms with Crippen molar-refractivity contribution in [3.05, 3.63) is 186 Å². The fraction of sp³-hybridized carbons (Fsp3) is 0.192. The van der Waals surface area contributed by atoms with Crippen LogP contribution in [0, 0.1) is 6.92 Å². The van der Waals surface area contributed by atoms with Crippen molar-refractivity contribution in [2.45, 2.75) is 64.0 Å². The monoisotopic (exact) mass is 738 g/mol. The lowest BCUT2D eigenvalue weighted by molar-refractivity contribution is 0.444. The molecule has 1 fully saturated rings. The van der Waals surface area contributed by atoms with Crippen LogP contribution in [0.4, 0.5) is 34.1 Å². The third-order valence-corrected chi connectivity index (χ3v) is 17.2. The lowest BCUT2D eigenvalue weighted by Gasteiger charge is -2.45. The van der Waals surface area contributed by atoms with E-state index in [4.69, 9.17) is 0 Å². The molecule has 3 aliphatic heterocycles. The van der Waals surface area contributed by atoms with Gasteiger partial charge in [0, 0.05) is 40.0 Å². The van der Waals surface area contributed by atoms with E-state index in [1.807, 2.05) is 0 Å². The molecule has 3 heterocycles. The molecule has 0 radical (unpaired) electrons. The summed E-state index contributed by atoms with van der Waals surface area (Å²) in [6.45, 7) is 7.43. The first kappa shape index (κ1) is 33.7. The molecule has 1 aliphatic carbocycles. The first-order valence-electron chi connectivity index (χ1n) is 20.8. The highest BCUT2D eigenvalue weighted by Gasteiger charge is 2.44. The second-order valence-corrected chi connectivity index (χ2v) is 21.5. The van der Waals surface area contributed by atoms with Crippen LogP contribution >= 0.6 is 0 Å². The van der Waals surface area contributed by atoms with Crippen molar-refractivity contribution < 1.29 is 0 Å². The van der Waals surface area contributed by atoms with Crippen molar-refractivity contribution in [2.24, 2.45) is 0 Å². The van der Waals surface area contributed by atoms with E-state index in [1.165, 1.54) is 110 Å². The van der Waals surface area contributed by atoms with Crippen molar-refractivity contribution in [2.75, 3.05) is 9.80 Å². The summed E-state index contributed by atoms with van der Waals surface area (Å²) in [5.74, 6) is 0.789. The Bertz CT molecular complexity index is 2590. The Kier molecular flexibility index (Phi) is 7.83. The average molecular weight is 739 g/mol. The van der Waals surface area contributed by atoms with Crippen LogP contribution < -0.4 is 36.6 Å². The standard InChI is InChI=1S/C52H47BN2Si/c1-35-26-31-46-44(32-35)53-43-22-12-13-23-45(43)54(39-18-8-5-9-19-39)47-33-38(36-16-6-4-7-17-36)34-48(52(47)53)55(46)40-29-27-37(28-30-40)51-41-20-10-14-24-49(41)56(2,3)50-25-15-11-21-42(50)51/h5,8-15,18-34,36,51H,4,6-7,16-17H2,1-3H3. The Hall–Kier alpha value is -5.58. The second-order valence-electron chi connectivity index (χ2n) is 17.2. The number of rotatable bonds is 4. The minimum absolute atomic E-state index is 0.143. The summed E-state index contributed by atoms with van der Waals surface area (Å²) in [4.78, 5) is 5.16. The van der Waals surface area contributed by atoms with Gasteiger partial charge in [-0.05, 0) is 113 Å². The minimum Gasteiger partial charge on any atom is -0.311 e. The van der Waals surface area contributed by atoms with E-state index in [2.05, 4.69) is 188 Å². The van der Waals surface area contributed by atoms with Crippen LogP contribution in [0.2, 0.25) is 13.1 Å². The van der Waals surface area contributed by atoms with Crippen LogP contribution in [-0.4, -0.2) is 14.8 Å². The number of hydrogen-bond acceptors (Lipinski definition) is 2. The third-order valence-electron chi connectivity index (χ3n) is 13.6. The summed E-state index contributed by atoms with van der Waals surface area (Å²) < 4.78 is 0. The molecule has 2 nitrogen and oxygen atoms in total. The normalized spacial score (nSPS) is 16.7. The summed E-state index contributed by atoms with van der Waals surface area (Å²) in [5.41, 5.74) is 18.9. The smallest absolute Gasteiger partial charge is 0.252 e. The van der Waals surface area contributed by atoms with E-state index in [-0.39, 0.29) is 12.6 Å². The van der Waals surface area contributed by atoms with Crippen LogP contribution in [0.3, 0.4) is 0 Å². The highest BCUT2D eigenvalue weighted by atomic mass is 28.3. The van der Waals surface area contributed by atoms with Gasteiger partial charge in [0.2, 0.25) is 0 Å². The number of para-hydroxylation sites is 2. The van der Waals surface area contributed by atoms with Gasteiger partial charge in [-0.2, -0.15) is 0 Å². The fourth-order valence-corrected chi connectivity index (χ4v) is 14.2. The van der Waals surface area contributed by atoms with Crippen LogP contribution in [0.5, 0.6) is 0 Å². The van der Waals surface area contributed by atoms with Gasteiger partial charge in [-0.3, -0.25) is 0 Å². The molecule has 1 saturated carbocycles. The molecule has 11 rings (SSSR count). The SMILES string of the molecule is Cc1ccc2c(c1)B1c3ccccc3N(c3ccccc3)c3cc(C4CCCCC4)cc(c31)N2c1ccc(C2c3ccccc3[Si](C)(C)c3ccccc32)cc1. The number of benzene rings is 7. The number of hydrogen-bond donors (Lipinski definition) is 0. The van der Waals surface area contributed by atoms with Gasteiger partial charge in [-0.25, -0.2) is 0 Å². The van der Waals surface area contributed by atoms with Gasteiger partial charge in [0.15, 0.2) is 0 Å². The topological polar surface area (TPSA) is 6.48 Å². The van der Waals surface area contributed by atoms with Crippen LogP contribution in [0.25, 0.3) is 0 Å². The molecule has 0 aromatic heterocycles. The van der Waals surface area contributed by atoms with Gasteiger partial charge in [0.25, 0.3) is 6.71 Å². The quantitative estimate of drug-likeness (QED) is 0.166. The zero-order chi connectivity index (χ0) is 37.5. The molecule has 0 bridgehead atoms. The van der Waals surface area contributed by atoms with Crippen molar-refractivity contribution in [3.63, 3.8) is 0 Å². The highest BCUT2D eigenvalue weighted by Crippen LogP contribution is 2.47. The second kappa shape index (κ2) is 13.0. The Morgan fingerprint density at radius 1 is 0.500 bits per heavy atom. The molecule has 0 spiro atoms. The molecule has 7 aromatic carbocycles. The summed E-state index contributed by atoms with van der Waals surface area (Å²) in [7, 11) is -1.83. The van der Waals surface area contributed by atoms with Gasteiger partial charge < -0.3 is 9.80 Å². The molecule has 272 valence electrons. The molecular formula is C52H47BN2Si. The number of nitrogens with zero attached hydrogens (tertiary/aromatic N) is 2. The Morgan fingerprint density at radius 2 is 1.07 bits per heavy atom. The van der Waals surface area contributed by atoms with E-state index in [0.29, 0.717) is 5.92 Å². The van der Waals surface area contributed by atoms with E-state index in [9.17, 15) is 0 Å². The van der Waals surface area contributed by atoms with E-state index >= 15 is 0 Å². The van der Waals surface area contributed by atoms with Crippen molar-refractivity contribution in [1.29, 1.82) is 0 Å². The zero-order valence-electron chi connectivity index (χ0n) is 32.7. The highest BCUT2D eigenvalue weighted by molar-refractivity contribution is 7.01. The number of aryl methyl sites for hydroxylation is 1. The van der Waals surface area contributed by atoms with Crippen molar-refractivity contribution >= 4 is 75.7 Å². The van der Waals surface area contributed by atoms with E-state index in [0.717, 1.165) is 0 Å². The van der Waals surface area contributed by atoms with Gasteiger partial charge in [-0.1, -0.05) is 157 Å². The van der Waals surface area contributed by atoms with Crippen molar-refractivity contribution in [3.8, 4) is 0 Å². The molecule has 0 N–H and O–H groups in total. The maximum absolute atomic E-state index is 2.61. The summed E-state index contributed by atoms with van der Waals surface area (Å²) in [5, 5.41) is 3.13. The van der Waals surface area contributed by atoms with E-state index in [1.54, 1.807) is 10.4 Å². The molecule has 7 aromatic rings. The molecule has 0 atom stereocenters. The Balaban J connectivity index is 1.13. The maximum atomic E-state index is 2.61. The summed E-state index contributed by atoms with van der Waals surface area (Å²) >= 11 is 0. The molecular weight excluding hydrogens is 691 g/mol. The predicted molar refractivity (Wildman–Crippen MR) is 242 cm³/mol. The Labute approximate surface area is 333 Å². The zero-order valence-corrected chi connectivity index (χ0v) is 33.7. The molecule has 0 amide bonds. The van der Waals surface area contributed by atoms with Crippen LogP contribution in [0.15, 0.2) is 158 Å². The largest absolute Gasteiger partial charge is 0.311 e. The molecule has 4 aliphatic rings. The molecule has 0 saturated heterocycles. The van der Waals surface area contributed by atoms with Gasteiger partial charge >= 0.3 is 0 Å². The lowest BCUT2D eigenvalue weighted by Crippen LogP contribution is -2.61. The predicted octanol–water partition coefficient (Wildman–Crippen LogP) is 10.4. The van der Waals surface area contributed by atoms with Gasteiger partial charge in [-0.15, -0.1) is 0 Å². The van der Waals surface area contributed by atoms with Crippen LogP contribution in [0.1, 0.15) is 71.8 Å². The lowest BCUT2D eigenvalue weighted by atomic mass is 9.33. The number of fused-ring (bicyclic) bond motifs is 6. The molecule has 0 unspecified atom stereocenters. The van der Waals surface area contributed by atoms with Gasteiger partial charge in [0.1, 0.15) is 8.07 Å². The third kappa shape index (κ3) is 5.08. The van der Waals surface area contributed by atoms with E-state index < -0.39 is 8.07 Å². The number of anilines is 6. The molecule has 56 heavy (non-hydrogen) atoms. The minimum atomic E-state index is -1.83. The summed E-state index contributed by atoms with van der Waals surface area (Å²) in [6, 6.07) is 60.7. The maximum Gasteiger partial charge on any atom is 0.252 e. The van der Waals surface area contributed by atoms with Crippen LogP contribution in [-0.2, 0) is 0 Å². The van der Waals surface area contributed by atoms with Gasteiger partial charge in [0.05, 0.1) is 0 Å². The Morgan fingerprint density at radius 3 is 1.75 bits per heavy atom. The summed E-state index contributed by atoms with van der Waals surface area (Å²) in [6.07, 6.45) is 6.49. The fourth-order valence-electron chi connectivity index (χ4n) is 11.0. The average Bonchev–Trinajstić information content (AvgIpc) is 3.24.